The fraction of sp³-hybridized carbons (Fsp3) is 0.241. The molecule has 1 aliphatic carbocycles. The normalized spacial score (nSPS) is 14.7. The number of nitrogens with zero attached hydrogens (tertiary/aromatic N) is 2. The Hall–Kier alpha value is -2.96. The quantitative estimate of drug-likeness (QED) is 0.276. The summed E-state index contributed by atoms with van der Waals surface area (Å²) in [7, 11) is 0. The summed E-state index contributed by atoms with van der Waals surface area (Å²) in [5.74, 6) is 0. The molecule has 4 nitrogen and oxygen atoms in total. The van der Waals surface area contributed by atoms with Crippen LogP contribution in [0.15, 0.2) is 82.7 Å². The van der Waals surface area contributed by atoms with E-state index in [0.717, 1.165) is 39.7 Å². The molecule has 0 saturated heterocycles. The molecule has 1 atom stereocenters. The SMILES string of the molecule is CSc1cc(C)nc(SC)c1NC(=O)N(Cc1cccc2ccccc12)C1CCc2ccccc21. The van der Waals surface area contributed by atoms with Crippen LogP contribution in [0.25, 0.3) is 10.8 Å². The van der Waals surface area contributed by atoms with Crippen molar-refractivity contribution < 1.29 is 4.79 Å². The molecule has 1 unspecified atom stereocenters. The van der Waals surface area contributed by atoms with Crippen LogP contribution in [0.2, 0.25) is 0 Å². The van der Waals surface area contributed by atoms with Crippen LogP contribution in [0.3, 0.4) is 0 Å². The van der Waals surface area contributed by atoms with Gasteiger partial charge in [-0.2, -0.15) is 0 Å². The van der Waals surface area contributed by atoms with E-state index < -0.39 is 0 Å². The van der Waals surface area contributed by atoms with Gasteiger partial charge >= 0.3 is 6.03 Å². The fourth-order valence-electron chi connectivity index (χ4n) is 5.01. The molecular weight excluding hydrogens is 470 g/mol. The minimum Gasteiger partial charge on any atom is -0.313 e. The van der Waals surface area contributed by atoms with Crippen molar-refractivity contribution in [2.45, 2.75) is 42.3 Å². The third kappa shape index (κ3) is 4.78. The zero-order valence-electron chi connectivity index (χ0n) is 20.2. The van der Waals surface area contributed by atoms with Gasteiger partial charge in [-0.15, -0.1) is 23.5 Å². The molecule has 1 heterocycles. The van der Waals surface area contributed by atoms with Crippen LogP contribution < -0.4 is 5.32 Å². The van der Waals surface area contributed by atoms with Crippen molar-refractivity contribution in [1.82, 2.24) is 9.88 Å². The number of nitrogens with one attached hydrogen (secondary N) is 1. The number of urea groups is 1. The highest BCUT2D eigenvalue weighted by Gasteiger charge is 2.32. The van der Waals surface area contributed by atoms with Crippen molar-refractivity contribution in [1.29, 1.82) is 0 Å². The maximum absolute atomic E-state index is 14.0. The zero-order chi connectivity index (χ0) is 24.4. The van der Waals surface area contributed by atoms with E-state index in [0.29, 0.717) is 6.54 Å². The number of hydrogen-bond acceptors (Lipinski definition) is 4. The van der Waals surface area contributed by atoms with Gasteiger partial charge in [0.2, 0.25) is 0 Å². The number of aromatic nitrogens is 1. The largest absolute Gasteiger partial charge is 0.322 e. The van der Waals surface area contributed by atoms with Crippen molar-refractivity contribution >= 4 is 46.0 Å². The van der Waals surface area contributed by atoms with E-state index in [1.54, 1.807) is 23.5 Å². The van der Waals surface area contributed by atoms with E-state index in [4.69, 9.17) is 0 Å². The molecule has 0 saturated carbocycles. The van der Waals surface area contributed by atoms with Crippen LogP contribution in [0.5, 0.6) is 0 Å². The number of amides is 2. The molecule has 1 aliphatic rings. The van der Waals surface area contributed by atoms with E-state index >= 15 is 0 Å². The Morgan fingerprint density at radius 1 is 1.03 bits per heavy atom. The summed E-state index contributed by atoms with van der Waals surface area (Å²) in [5, 5.41) is 6.49. The third-order valence-electron chi connectivity index (χ3n) is 6.68. The van der Waals surface area contributed by atoms with Crippen molar-refractivity contribution in [2.75, 3.05) is 17.8 Å². The van der Waals surface area contributed by atoms with Gasteiger partial charge in [0.15, 0.2) is 0 Å². The summed E-state index contributed by atoms with van der Waals surface area (Å²) in [5.41, 5.74) is 5.49. The Kier molecular flexibility index (Phi) is 7.02. The first-order chi connectivity index (χ1) is 17.1. The Balaban J connectivity index is 1.55. The van der Waals surface area contributed by atoms with Crippen LogP contribution in [0.1, 0.15) is 34.8 Å². The smallest absolute Gasteiger partial charge is 0.313 e. The number of pyridine rings is 1. The lowest BCUT2D eigenvalue weighted by Crippen LogP contribution is -2.37. The van der Waals surface area contributed by atoms with Crippen LogP contribution in [0.4, 0.5) is 10.5 Å². The summed E-state index contributed by atoms with van der Waals surface area (Å²) in [6, 6.07) is 25.2. The number of anilines is 1. The predicted molar refractivity (Wildman–Crippen MR) is 149 cm³/mol. The minimum absolute atomic E-state index is 0.0269. The topological polar surface area (TPSA) is 45.2 Å². The van der Waals surface area contributed by atoms with Crippen LogP contribution >= 0.6 is 23.5 Å². The highest BCUT2D eigenvalue weighted by molar-refractivity contribution is 7.99. The van der Waals surface area contributed by atoms with Gasteiger partial charge in [0, 0.05) is 17.1 Å². The van der Waals surface area contributed by atoms with E-state index in [1.807, 2.05) is 30.4 Å². The summed E-state index contributed by atoms with van der Waals surface area (Å²) in [6.45, 7) is 2.53. The molecule has 4 aromatic rings. The van der Waals surface area contributed by atoms with Gasteiger partial charge in [0.25, 0.3) is 0 Å². The second-order valence-corrected chi connectivity index (χ2v) is 10.4. The maximum atomic E-state index is 14.0. The zero-order valence-corrected chi connectivity index (χ0v) is 21.9. The molecular formula is C29H29N3OS2. The number of aryl methyl sites for hydroxylation is 2. The van der Waals surface area contributed by atoms with Gasteiger partial charge < -0.3 is 10.2 Å². The second kappa shape index (κ2) is 10.3. The van der Waals surface area contributed by atoms with Crippen molar-refractivity contribution in [3.05, 3.63) is 95.2 Å². The molecule has 1 N–H and O–H groups in total. The molecule has 5 rings (SSSR count). The van der Waals surface area contributed by atoms with Gasteiger partial charge in [0.05, 0.1) is 11.7 Å². The van der Waals surface area contributed by atoms with Gasteiger partial charge in [-0.3, -0.25) is 0 Å². The number of fused-ring (bicyclic) bond motifs is 2. The number of benzene rings is 3. The molecule has 178 valence electrons. The molecule has 0 aliphatic heterocycles. The Morgan fingerprint density at radius 3 is 2.63 bits per heavy atom. The molecule has 6 heteroatoms. The number of carbonyl (C=O) groups is 1. The van der Waals surface area contributed by atoms with Crippen LogP contribution in [-0.4, -0.2) is 28.4 Å². The lowest BCUT2D eigenvalue weighted by molar-refractivity contribution is 0.184. The summed E-state index contributed by atoms with van der Waals surface area (Å²) in [6.07, 6.45) is 5.95. The van der Waals surface area contributed by atoms with Crippen LogP contribution in [0, 0.1) is 6.92 Å². The Bertz CT molecular complexity index is 1360. The first-order valence-corrected chi connectivity index (χ1v) is 14.3. The first kappa shape index (κ1) is 23.8. The number of carbonyl (C=O) groups excluding carboxylic acids is 1. The molecule has 0 radical (unpaired) electrons. The molecule has 3 aromatic carbocycles. The first-order valence-electron chi connectivity index (χ1n) is 11.8. The van der Waals surface area contributed by atoms with Gasteiger partial charge in [-0.05, 0) is 65.8 Å². The molecule has 0 spiro atoms. The van der Waals surface area contributed by atoms with E-state index in [1.165, 1.54) is 21.9 Å². The van der Waals surface area contributed by atoms with Crippen molar-refractivity contribution in [3.63, 3.8) is 0 Å². The standard InChI is InChI=1S/C29H29N3OS2/c1-19-17-26(34-2)27(28(30-19)35-3)31-29(33)32(25-16-15-21-10-5-7-14-24(21)25)18-22-12-8-11-20-9-4-6-13-23(20)22/h4-14,17,25H,15-16,18H2,1-3H3,(H,31,33). The number of rotatable bonds is 6. The predicted octanol–water partition coefficient (Wildman–Crippen LogP) is 7.71. The van der Waals surface area contributed by atoms with Gasteiger partial charge in [-0.1, -0.05) is 66.7 Å². The van der Waals surface area contributed by atoms with E-state index in [-0.39, 0.29) is 12.1 Å². The summed E-state index contributed by atoms with van der Waals surface area (Å²) >= 11 is 3.19. The van der Waals surface area contributed by atoms with Gasteiger partial charge in [0.1, 0.15) is 5.03 Å². The van der Waals surface area contributed by atoms with E-state index in [2.05, 4.69) is 77.0 Å². The Morgan fingerprint density at radius 2 is 1.80 bits per heavy atom. The second-order valence-electron chi connectivity index (χ2n) is 8.80. The average Bonchev–Trinajstić information content (AvgIpc) is 3.31. The lowest BCUT2D eigenvalue weighted by Gasteiger charge is -2.31. The minimum atomic E-state index is -0.0871. The van der Waals surface area contributed by atoms with Crippen molar-refractivity contribution in [3.8, 4) is 0 Å². The monoisotopic (exact) mass is 499 g/mol. The maximum Gasteiger partial charge on any atom is 0.322 e. The summed E-state index contributed by atoms with van der Waals surface area (Å²) in [4.78, 5) is 21.8. The summed E-state index contributed by atoms with van der Waals surface area (Å²) < 4.78 is 0. The highest BCUT2D eigenvalue weighted by Crippen LogP contribution is 2.39. The lowest BCUT2D eigenvalue weighted by atomic mass is 10.0. The fourth-order valence-corrected chi connectivity index (χ4v) is 6.32. The van der Waals surface area contributed by atoms with Crippen LogP contribution in [-0.2, 0) is 13.0 Å². The molecule has 0 fully saturated rings. The molecule has 1 aromatic heterocycles. The molecule has 0 bridgehead atoms. The van der Waals surface area contributed by atoms with E-state index in [9.17, 15) is 4.79 Å². The third-order valence-corrected chi connectivity index (χ3v) is 8.13. The molecule has 2 amide bonds. The number of thioether (sulfide) groups is 2. The molecule has 35 heavy (non-hydrogen) atoms. The average molecular weight is 500 g/mol. The Labute approximate surface area is 215 Å². The van der Waals surface area contributed by atoms with Crippen molar-refractivity contribution in [2.24, 2.45) is 0 Å². The van der Waals surface area contributed by atoms with Gasteiger partial charge in [-0.25, -0.2) is 9.78 Å². The number of hydrogen-bond donors (Lipinski definition) is 1. The highest BCUT2D eigenvalue weighted by atomic mass is 32.2.